The van der Waals surface area contributed by atoms with E-state index in [2.05, 4.69) is 0 Å². The van der Waals surface area contributed by atoms with Gasteiger partial charge in [-0.2, -0.15) is 0 Å². The molecule has 2 heterocycles. The van der Waals surface area contributed by atoms with Crippen molar-refractivity contribution in [1.29, 1.82) is 0 Å². The summed E-state index contributed by atoms with van der Waals surface area (Å²) >= 11 is 7.55. The molecule has 0 radical (unpaired) electrons. The lowest BCUT2D eigenvalue weighted by Crippen LogP contribution is -2.41. The van der Waals surface area contributed by atoms with Gasteiger partial charge in [0.25, 0.3) is 5.91 Å². The number of fused-ring (bicyclic) bond motifs is 1. The van der Waals surface area contributed by atoms with Crippen LogP contribution >= 0.6 is 22.9 Å². The van der Waals surface area contributed by atoms with Crippen molar-refractivity contribution in [1.82, 2.24) is 0 Å². The van der Waals surface area contributed by atoms with Crippen LogP contribution in [-0.4, -0.2) is 16.8 Å². The Morgan fingerprint density at radius 1 is 1.07 bits per heavy atom. The van der Waals surface area contributed by atoms with Crippen molar-refractivity contribution in [2.24, 2.45) is 0 Å². The normalized spacial score (nSPS) is 18.6. The molecule has 1 aromatic heterocycles. The third-order valence-corrected chi connectivity index (χ3v) is 6.02. The molecule has 0 saturated carbocycles. The molecule has 1 aliphatic rings. The number of Topliss-reactive ketones (excluding diaryl/α,β-unsaturated/α-hetero) is 1. The van der Waals surface area contributed by atoms with E-state index in [1.54, 1.807) is 47.8 Å². The minimum atomic E-state index is -1.88. The van der Waals surface area contributed by atoms with Gasteiger partial charge in [0.15, 0.2) is 11.4 Å². The van der Waals surface area contributed by atoms with Crippen LogP contribution in [-0.2, 0) is 16.9 Å². The van der Waals surface area contributed by atoms with E-state index in [4.69, 9.17) is 11.6 Å². The smallest absolute Gasteiger partial charge is 0.264 e. The highest BCUT2D eigenvalue weighted by Gasteiger charge is 2.50. The lowest BCUT2D eigenvalue weighted by Gasteiger charge is -2.23. The minimum absolute atomic E-state index is 0.227. The number of ketones is 1. The van der Waals surface area contributed by atoms with Gasteiger partial charge in [0.2, 0.25) is 0 Å². The molecule has 1 aliphatic heterocycles. The third kappa shape index (κ3) is 3.08. The van der Waals surface area contributed by atoms with Gasteiger partial charge in [0.05, 0.1) is 23.5 Å². The summed E-state index contributed by atoms with van der Waals surface area (Å²) in [5.41, 5.74) is -0.0501. The molecule has 1 unspecified atom stereocenters. The molecule has 136 valence electrons. The van der Waals surface area contributed by atoms with E-state index in [1.165, 1.54) is 16.2 Å². The van der Waals surface area contributed by atoms with E-state index < -0.39 is 11.5 Å². The molecule has 4 nitrogen and oxygen atoms in total. The molecule has 1 amide bonds. The van der Waals surface area contributed by atoms with Gasteiger partial charge < -0.3 is 10.0 Å². The third-order valence-electron chi connectivity index (χ3n) is 4.74. The fourth-order valence-electron chi connectivity index (χ4n) is 3.39. The summed E-state index contributed by atoms with van der Waals surface area (Å²) in [5, 5.41) is 13.6. The van der Waals surface area contributed by atoms with Crippen LogP contribution in [0.4, 0.5) is 5.69 Å². The molecule has 0 aliphatic carbocycles. The van der Waals surface area contributed by atoms with Gasteiger partial charge in [0.1, 0.15) is 0 Å². The molecular formula is C21H16ClNO3S. The first kappa shape index (κ1) is 17.9. The Morgan fingerprint density at radius 3 is 2.56 bits per heavy atom. The number of anilines is 1. The number of nitrogens with zero attached hydrogens (tertiary/aromatic N) is 1. The van der Waals surface area contributed by atoms with Crippen molar-refractivity contribution < 1.29 is 14.7 Å². The molecule has 4 rings (SSSR count). The predicted molar refractivity (Wildman–Crippen MR) is 106 cm³/mol. The summed E-state index contributed by atoms with van der Waals surface area (Å²) in [5.74, 6) is -0.760. The fourth-order valence-corrected chi connectivity index (χ4v) is 4.25. The zero-order chi connectivity index (χ0) is 19.0. The predicted octanol–water partition coefficient (Wildman–Crippen LogP) is 4.41. The van der Waals surface area contributed by atoms with Gasteiger partial charge in [-0.05, 0) is 29.1 Å². The summed E-state index contributed by atoms with van der Waals surface area (Å²) < 4.78 is 0. The lowest BCUT2D eigenvalue weighted by atomic mass is 9.89. The Balaban J connectivity index is 1.71. The quantitative estimate of drug-likeness (QED) is 0.649. The van der Waals surface area contributed by atoms with E-state index in [0.717, 1.165) is 5.56 Å². The Bertz CT molecular complexity index is 1020. The number of benzene rings is 2. The van der Waals surface area contributed by atoms with Crippen LogP contribution in [0, 0.1) is 0 Å². The van der Waals surface area contributed by atoms with Crippen LogP contribution in [0.25, 0.3) is 0 Å². The highest BCUT2D eigenvalue weighted by molar-refractivity contribution is 7.12. The highest BCUT2D eigenvalue weighted by Crippen LogP contribution is 2.44. The minimum Gasteiger partial charge on any atom is -0.375 e. The van der Waals surface area contributed by atoms with Gasteiger partial charge in [-0.3, -0.25) is 9.59 Å². The molecule has 3 aromatic rings. The van der Waals surface area contributed by atoms with Gasteiger partial charge in [-0.1, -0.05) is 54.1 Å². The van der Waals surface area contributed by atoms with Crippen LogP contribution < -0.4 is 4.90 Å². The van der Waals surface area contributed by atoms with Crippen LogP contribution in [0.2, 0.25) is 5.02 Å². The van der Waals surface area contributed by atoms with Crippen molar-refractivity contribution in [2.75, 3.05) is 4.90 Å². The van der Waals surface area contributed by atoms with E-state index in [1.807, 2.05) is 18.2 Å². The van der Waals surface area contributed by atoms with Crippen molar-refractivity contribution in [2.45, 2.75) is 18.6 Å². The molecular weight excluding hydrogens is 382 g/mol. The standard InChI is InChI=1S/C21H16ClNO3S/c22-16-8-3-1-6-14(16)13-23-17-9-4-2-7-15(17)21(26,20(23)25)12-18(24)19-10-5-11-27-19/h1-11,26H,12-13H2. The molecule has 0 spiro atoms. The molecule has 2 aromatic carbocycles. The van der Waals surface area contributed by atoms with Crippen LogP contribution in [0.3, 0.4) is 0 Å². The van der Waals surface area contributed by atoms with Crippen molar-refractivity contribution >= 4 is 40.3 Å². The van der Waals surface area contributed by atoms with Gasteiger partial charge in [0, 0.05) is 10.6 Å². The zero-order valence-electron chi connectivity index (χ0n) is 14.3. The van der Waals surface area contributed by atoms with E-state index in [0.29, 0.717) is 21.2 Å². The van der Waals surface area contributed by atoms with Crippen LogP contribution in [0.15, 0.2) is 66.0 Å². The molecule has 0 saturated heterocycles. The summed E-state index contributed by atoms with van der Waals surface area (Å²) in [6, 6.07) is 17.8. The summed E-state index contributed by atoms with van der Waals surface area (Å²) in [4.78, 5) is 27.8. The first-order valence-electron chi connectivity index (χ1n) is 8.44. The van der Waals surface area contributed by atoms with Crippen molar-refractivity contribution in [3.63, 3.8) is 0 Å². The van der Waals surface area contributed by atoms with Crippen LogP contribution in [0.1, 0.15) is 27.2 Å². The number of aliphatic hydroxyl groups is 1. The Labute approximate surface area is 165 Å². The summed E-state index contributed by atoms with van der Waals surface area (Å²) in [6.45, 7) is 0.227. The Kier molecular flexibility index (Phi) is 4.60. The number of carbonyl (C=O) groups excluding carboxylic acids is 2. The highest BCUT2D eigenvalue weighted by atomic mass is 35.5. The van der Waals surface area contributed by atoms with E-state index in [9.17, 15) is 14.7 Å². The number of hydrogen-bond acceptors (Lipinski definition) is 4. The van der Waals surface area contributed by atoms with Gasteiger partial charge >= 0.3 is 0 Å². The topological polar surface area (TPSA) is 57.6 Å². The van der Waals surface area contributed by atoms with Crippen molar-refractivity contribution in [3.8, 4) is 0 Å². The number of rotatable bonds is 5. The summed E-state index contributed by atoms with van der Waals surface area (Å²) in [6.07, 6.45) is -0.289. The number of thiophene rings is 1. The maximum Gasteiger partial charge on any atom is 0.264 e. The number of amides is 1. The zero-order valence-corrected chi connectivity index (χ0v) is 15.8. The molecule has 27 heavy (non-hydrogen) atoms. The van der Waals surface area contributed by atoms with Crippen LogP contribution in [0.5, 0.6) is 0 Å². The maximum absolute atomic E-state index is 13.2. The molecule has 0 bridgehead atoms. The average molecular weight is 398 g/mol. The summed E-state index contributed by atoms with van der Waals surface area (Å²) in [7, 11) is 0. The lowest BCUT2D eigenvalue weighted by molar-refractivity contribution is -0.136. The first-order chi connectivity index (χ1) is 13.0. The Hall–Kier alpha value is -2.47. The van der Waals surface area contributed by atoms with Gasteiger partial charge in [-0.15, -0.1) is 11.3 Å². The number of hydrogen-bond donors (Lipinski definition) is 1. The van der Waals surface area contributed by atoms with Crippen molar-refractivity contribution in [3.05, 3.63) is 87.1 Å². The average Bonchev–Trinajstić information content (AvgIpc) is 3.27. The molecule has 6 heteroatoms. The molecule has 0 fully saturated rings. The van der Waals surface area contributed by atoms with E-state index in [-0.39, 0.29) is 18.7 Å². The Morgan fingerprint density at radius 2 is 1.81 bits per heavy atom. The van der Waals surface area contributed by atoms with Gasteiger partial charge in [-0.25, -0.2) is 0 Å². The molecule has 1 atom stereocenters. The second kappa shape index (κ2) is 6.93. The maximum atomic E-state index is 13.2. The molecule has 1 N–H and O–H groups in total. The number of halogens is 1. The second-order valence-corrected chi connectivity index (χ2v) is 7.79. The fraction of sp³-hybridized carbons (Fsp3) is 0.143. The number of carbonyl (C=O) groups is 2. The second-order valence-electron chi connectivity index (χ2n) is 6.44. The number of para-hydroxylation sites is 1. The SMILES string of the molecule is O=C(CC1(O)C(=O)N(Cc2ccccc2Cl)c2ccccc21)c1cccs1. The van der Waals surface area contributed by atoms with E-state index >= 15 is 0 Å². The monoisotopic (exact) mass is 397 g/mol. The first-order valence-corrected chi connectivity index (χ1v) is 9.70. The largest absolute Gasteiger partial charge is 0.375 e.